The Labute approximate surface area is 128 Å². The van der Waals surface area contributed by atoms with E-state index in [0.717, 1.165) is 18.4 Å². The van der Waals surface area contributed by atoms with Crippen LogP contribution < -0.4 is 0 Å². The fraction of sp³-hybridized carbons (Fsp3) is 0.588. The van der Waals surface area contributed by atoms with Crippen LogP contribution in [0.5, 0.6) is 0 Å². The third kappa shape index (κ3) is 4.67. The van der Waals surface area contributed by atoms with Crippen molar-refractivity contribution in [1.29, 1.82) is 0 Å². The van der Waals surface area contributed by atoms with E-state index < -0.39 is 15.1 Å². The van der Waals surface area contributed by atoms with Crippen molar-refractivity contribution in [2.24, 2.45) is 0 Å². The van der Waals surface area contributed by atoms with Crippen molar-refractivity contribution in [2.45, 2.75) is 69.4 Å². The molecule has 0 saturated carbocycles. The highest BCUT2D eigenvalue weighted by Gasteiger charge is 2.20. The highest BCUT2D eigenvalue weighted by molar-refractivity contribution is 7.92. The van der Waals surface area contributed by atoms with Gasteiger partial charge in [-0.05, 0) is 50.3 Å². The standard InChI is InChI=1S/C17H26O3S/c1-5-14(10-11-16(18)6-2)15-8-7-9-17(12-15)21(19,20)13(3)4/h7-9,12-14H,5-6,10-11H2,1-4H3. The van der Waals surface area contributed by atoms with Crippen LogP contribution >= 0.6 is 0 Å². The van der Waals surface area contributed by atoms with Gasteiger partial charge in [0.2, 0.25) is 0 Å². The van der Waals surface area contributed by atoms with E-state index in [9.17, 15) is 13.2 Å². The van der Waals surface area contributed by atoms with E-state index in [-0.39, 0.29) is 11.7 Å². The number of sulfone groups is 1. The lowest BCUT2D eigenvalue weighted by molar-refractivity contribution is -0.118. The summed E-state index contributed by atoms with van der Waals surface area (Å²) in [7, 11) is -3.24. The van der Waals surface area contributed by atoms with Gasteiger partial charge in [-0.25, -0.2) is 8.42 Å². The third-order valence-corrected chi connectivity index (χ3v) is 6.09. The van der Waals surface area contributed by atoms with Gasteiger partial charge in [-0.15, -0.1) is 0 Å². The van der Waals surface area contributed by atoms with Crippen molar-refractivity contribution in [1.82, 2.24) is 0 Å². The van der Waals surface area contributed by atoms with Crippen LogP contribution in [0.25, 0.3) is 0 Å². The Kier molecular flexibility index (Phi) is 6.59. The van der Waals surface area contributed by atoms with Crippen LogP contribution in [-0.2, 0) is 14.6 Å². The van der Waals surface area contributed by atoms with Crippen molar-refractivity contribution >= 4 is 15.6 Å². The number of hydrogen-bond acceptors (Lipinski definition) is 3. The number of benzene rings is 1. The summed E-state index contributed by atoms with van der Waals surface area (Å²) in [6.45, 7) is 7.34. The normalized spacial score (nSPS) is 13.4. The number of rotatable bonds is 8. The molecule has 21 heavy (non-hydrogen) atoms. The average molecular weight is 310 g/mol. The van der Waals surface area contributed by atoms with Crippen LogP contribution in [0.3, 0.4) is 0 Å². The Balaban J connectivity index is 2.99. The van der Waals surface area contributed by atoms with Crippen molar-refractivity contribution < 1.29 is 13.2 Å². The second kappa shape index (κ2) is 7.74. The average Bonchev–Trinajstić information content (AvgIpc) is 2.47. The topological polar surface area (TPSA) is 51.2 Å². The van der Waals surface area contributed by atoms with Gasteiger partial charge >= 0.3 is 0 Å². The minimum atomic E-state index is -3.24. The number of Topliss-reactive ketones (excluding diaryl/α,β-unsaturated/α-hetero) is 1. The molecule has 0 spiro atoms. The number of ketones is 1. The molecule has 1 unspecified atom stereocenters. The fourth-order valence-electron chi connectivity index (χ4n) is 2.34. The molecule has 3 nitrogen and oxygen atoms in total. The van der Waals surface area contributed by atoms with Gasteiger partial charge in [-0.2, -0.15) is 0 Å². The molecule has 0 aliphatic rings. The summed E-state index contributed by atoms with van der Waals surface area (Å²) < 4.78 is 24.5. The van der Waals surface area contributed by atoms with Gasteiger partial charge in [0.15, 0.2) is 9.84 Å². The predicted molar refractivity (Wildman–Crippen MR) is 86.3 cm³/mol. The minimum Gasteiger partial charge on any atom is -0.300 e. The van der Waals surface area contributed by atoms with Crippen molar-refractivity contribution in [3.8, 4) is 0 Å². The number of carbonyl (C=O) groups excluding carboxylic acids is 1. The molecule has 1 atom stereocenters. The first-order valence-corrected chi connectivity index (χ1v) is 9.23. The predicted octanol–water partition coefficient (Wildman–Crippen LogP) is 4.12. The van der Waals surface area contributed by atoms with Gasteiger partial charge in [-0.3, -0.25) is 4.79 Å². The fourth-order valence-corrected chi connectivity index (χ4v) is 3.45. The van der Waals surface area contributed by atoms with Gasteiger partial charge in [0, 0.05) is 12.8 Å². The van der Waals surface area contributed by atoms with Crippen molar-refractivity contribution in [3.63, 3.8) is 0 Å². The molecule has 0 amide bonds. The number of hydrogen-bond donors (Lipinski definition) is 0. The summed E-state index contributed by atoms with van der Waals surface area (Å²) in [4.78, 5) is 11.9. The molecule has 0 aliphatic heterocycles. The van der Waals surface area contributed by atoms with E-state index in [1.807, 2.05) is 13.0 Å². The maximum absolute atomic E-state index is 12.3. The smallest absolute Gasteiger partial charge is 0.180 e. The lowest BCUT2D eigenvalue weighted by Crippen LogP contribution is -2.14. The van der Waals surface area contributed by atoms with Gasteiger partial charge in [0.05, 0.1) is 10.1 Å². The van der Waals surface area contributed by atoms with E-state index in [1.54, 1.807) is 32.0 Å². The first-order valence-electron chi connectivity index (χ1n) is 7.68. The molecule has 4 heteroatoms. The Morgan fingerprint density at radius 2 is 1.86 bits per heavy atom. The SMILES string of the molecule is CCC(=O)CCC(CC)c1cccc(S(=O)(=O)C(C)C)c1. The molecule has 0 fully saturated rings. The first kappa shape index (κ1) is 17.9. The van der Waals surface area contributed by atoms with Crippen molar-refractivity contribution in [2.75, 3.05) is 0 Å². The molecule has 1 aromatic rings. The summed E-state index contributed by atoms with van der Waals surface area (Å²) >= 11 is 0. The molecule has 0 aliphatic carbocycles. The summed E-state index contributed by atoms with van der Waals surface area (Å²) in [6, 6.07) is 7.20. The van der Waals surface area contributed by atoms with E-state index in [0.29, 0.717) is 17.7 Å². The molecular weight excluding hydrogens is 284 g/mol. The van der Waals surface area contributed by atoms with Crippen LogP contribution in [0, 0.1) is 0 Å². The molecule has 0 saturated heterocycles. The molecule has 1 rings (SSSR count). The van der Waals surface area contributed by atoms with Gasteiger partial charge in [-0.1, -0.05) is 26.0 Å². The Morgan fingerprint density at radius 3 is 2.38 bits per heavy atom. The Bertz CT molecular complexity index is 573. The van der Waals surface area contributed by atoms with Crippen LogP contribution in [-0.4, -0.2) is 19.5 Å². The first-order chi connectivity index (χ1) is 9.82. The van der Waals surface area contributed by atoms with Gasteiger partial charge in [0.25, 0.3) is 0 Å². The molecular formula is C17H26O3S. The Morgan fingerprint density at radius 1 is 1.19 bits per heavy atom. The second-order valence-electron chi connectivity index (χ2n) is 5.70. The van der Waals surface area contributed by atoms with Crippen molar-refractivity contribution in [3.05, 3.63) is 29.8 Å². The van der Waals surface area contributed by atoms with Crippen LogP contribution in [0.15, 0.2) is 29.2 Å². The zero-order valence-corrected chi connectivity index (χ0v) is 14.2. The second-order valence-corrected chi connectivity index (χ2v) is 8.21. The molecule has 1 aromatic carbocycles. The van der Waals surface area contributed by atoms with E-state index in [4.69, 9.17) is 0 Å². The molecule has 0 N–H and O–H groups in total. The minimum absolute atomic E-state index is 0.239. The summed E-state index contributed by atoms with van der Waals surface area (Å²) in [5.74, 6) is 0.502. The molecule has 0 bridgehead atoms. The molecule has 0 radical (unpaired) electrons. The van der Waals surface area contributed by atoms with E-state index in [2.05, 4.69) is 6.92 Å². The number of carbonyl (C=O) groups is 1. The molecule has 118 valence electrons. The lowest BCUT2D eigenvalue weighted by Gasteiger charge is -2.16. The van der Waals surface area contributed by atoms with E-state index >= 15 is 0 Å². The monoisotopic (exact) mass is 310 g/mol. The maximum Gasteiger partial charge on any atom is 0.180 e. The summed E-state index contributed by atoms with van der Waals surface area (Å²) in [5, 5.41) is -0.422. The highest BCUT2D eigenvalue weighted by atomic mass is 32.2. The van der Waals surface area contributed by atoms with Crippen LogP contribution in [0.2, 0.25) is 0 Å². The summed E-state index contributed by atoms with van der Waals surface area (Å²) in [5.41, 5.74) is 1.02. The van der Waals surface area contributed by atoms with Gasteiger partial charge < -0.3 is 0 Å². The zero-order valence-electron chi connectivity index (χ0n) is 13.4. The molecule has 0 heterocycles. The quantitative estimate of drug-likeness (QED) is 0.725. The van der Waals surface area contributed by atoms with Crippen LogP contribution in [0.4, 0.5) is 0 Å². The van der Waals surface area contributed by atoms with Gasteiger partial charge in [0.1, 0.15) is 5.78 Å². The zero-order chi connectivity index (χ0) is 16.0. The Hall–Kier alpha value is -1.16. The maximum atomic E-state index is 12.3. The van der Waals surface area contributed by atoms with Crippen LogP contribution in [0.1, 0.15) is 64.9 Å². The third-order valence-electron chi connectivity index (χ3n) is 3.94. The summed E-state index contributed by atoms with van der Waals surface area (Å²) in [6.07, 6.45) is 2.82. The van der Waals surface area contributed by atoms with E-state index in [1.165, 1.54) is 0 Å². The largest absolute Gasteiger partial charge is 0.300 e. The highest BCUT2D eigenvalue weighted by Crippen LogP contribution is 2.28. The molecule has 0 aromatic heterocycles. The lowest BCUT2D eigenvalue weighted by atomic mass is 9.91.